The van der Waals surface area contributed by atoms with Crippen LogP contribution in [0, 0.1) is 0 Å². The number of likely N-dealkylation sites (tertiary alicyclic amines) is 2. The smallest absolute Gasteiger partial charge is 0.231 e. The molecule has 0 spiro atoms. The Hall–Kier alpha value is -1.47. The third kappa shape index (κ3) is 3.08. The van der Waals surface area contributed by atoms with Crippen LogP contribution in [0.2, 0.25) is 0 Å². The maximum Gasteiger partial charge on any atom is 0.231 e. The number of hydrogen-bond acceptors (Lipinski definition) is 7. The van der Waals surface area contributed by atoms with Crippen LogP contribution >= 0.6 is 0 Å². The van der Waals surface area contributed by atoms with Crippen LogP contribution in [-0.4, -0.2) is 66.5 Å². The van der Waals surface area contributed by atoms with E-state index in [1.54, 1.807) is 7.11 Å². The van der Waals surface area contributed by atoms with E-state index in [-0.39, 0.29) is 6.04 Å². The summed E-state index contributed by atoms with van der Waals surface area (Å²) in [6.07, 6.45) is 3.11. The summed E-state index contributed by atoms with van der Waals surface area (Å²) in [5, 5.41) is 8.24. The molecule has 1 aromatic heterocycles. The molecule has 0 N–H and O–H groups in total. The van der Waals surface area contributed by atoms with Crippen LogP contribution in [-0.2, 0) is 4.84 Å². The molecule has 2 unspecified atom stereocenters. The van der Waals surface area contributed by atoms with Crippen molar-refractivity contribution in [3.63, 3.8) is 0 Å². The Labute approximate surface area is 124 Å². The van der Waals surface area contributed by atoms with Gasteiger partial charge in [-0.2, -0.15) is 4.98 Å². The fraction of sp³-hybridized carbons (Fsp3) is 0.786. The van der Waals surface area contributed by atoms with Gasteiger partial charge in [-0.25, -0.2) is 0 Å². The van der Waals surface area contributed by atoms with E-state index in [0.717, 1.165) is 49.9 Å². The van der Waals surface area contributed by atoms with E-state index in [9.17, 15) is 0 Å². The fourth-order valence-electron chi connectivity index (χ4n) is 3.24. The predicted molar refractivity (Wildman–Crippen MR) is 78.2 cm³/mol. The minimum Gasteiger partial charge on any atom is -0.399 e. The summed E-state index contributed by atoms with van der Waals surface area (Å²) in [5.41, 5.74) is 1.02. The molecule has 2 aliphatic heterocycles. The van der Waals surface area contributed by atoms with E-state index in [1.807, 2.05) is 7.05 Å². The van der Waals surface area contributed by atoms with Gasteiger partial charge in [-0.3, -0.25) is 4.90 Å². The van der Waals surface area contributed by atoms with Crippen LogP contribution in [0.15, 0.2) is 9.68 Å². The largest absolute Gasteiger partial charge is 0.399 e. The molecule has 0 aliphatic carbocycles. The van der Waals surface area contributed by atoms with Crippen molar-refractivity contribution in [3.8, 4) is 0 Å². The molecule has 21 heavy (non-hydrogen) atoms. The van der Waals surface area contributed by atoms with Crippen LogP contribution in [0.5, 0.6) is 0 Å². The first-order chi connectivity index (χ1) is 10.2. The normalized spacial score (nSPS) is 30.1. The quantitative estimate of drug-likeness (QED) is 0.782. The standard InChI is InChI=1S/C14H23N5O2/c1-18-6-4-5-10(8-18)14-15-13(17-21-14)12-7-11(16-20-3)9-19(12)2/h10,12H,4-9H2,1-3H3. The molecule has 3 rings (SSSR count). The number of oxime groups is 1. The lowest BCUT2D eigenvalue weighted by molar-refractivity contribution is 0.212. The summed E-state index contributed by atoms with van der Waals surface area (Å²) >= 11 is 0. The van der Waals surface area contributed by atoms with Crippen LogP contribution in [0.3, 0.4) is 0 Å². The zero-order valence-electron chi connectivity index (χ0n) is 12.9. The lowest BCUT2D eigenvalue weighted by Gasteiger charge is -2.27. The van der Waals surface area contributed by atoms with Crippen molar-refractivity contribution in [2.24, 2.45) is 5.16 Å². The van der Waals surface area contributed by atoms with Gasteiger partial charge < -0.3 is 14.3 Å². The van der Waals surface area contributed by atoms with Gasteiger partial charge in [0.1, 0.15) is 7.11 Å². The van der Waals surface area contributed by atoms with Crippen LogP contribution in [0.4, 0.5) is 0 Å². The van der Waals surface area contributed by atoms with E-state index < -0.39 is 0 Å². The molecule has 1 aromatic rings. The zero-order chi connectivity index (χ0) is 14.8. The number of rotatable bonds is 3. The van der Waals surface area contributed by atoms with Crippen molar-refractivity contribution in [2.45, 2.75) is 31.2 Å². The Morgan fingerprint density at radius 1 is 1.38 bits per heavy atom. The van der Waals surface area contributed by atoms with Crippen molar-refractivity contribution >= 4 is 5.71 Å². The minimum atomic E-state index is 0.137. The molecule has 2 atom stereocenters. The van der Waals surface area contributed by atoms with Crippen molar-refractivity contribution in [1.82, 2.24) is 19.9 Å². The molecule has 116 valence electrons. The van der Waals surface area contributed by atoms with Crippen LogP contribution in [0.25, 0.3) is 0 Å². The Morgan fingerprint density at radius 3 is 3.00 bits per heavy atom. The summed E-state index contributed by atoms with van der Waals surface area (Å²) in [7, 11) is 5.77. The highest BCUT2D eigenvalue weighted by atomic mass is 16.6. The van der Waals surface area contributed by atoms with Gasteiger partial charge in [-0.1, -0.05) is 10.3 Å². The molecule has 0 amide bonds. The Morgan fingerprint density at radius 2 is 2.24 bits per heavy atom. The first kappa shape index (κ1) is 14.5. The molecule has 2 aliphatic rings. The Balaban J connectivity index is 1.71. The third-order valence-electron chi connectivity index (χ3n) is 4.34. The second-order valence-electron chi connectivity index (χ2n) is 6.07. The second-order valence-corrected chi connectivity index (χ2v) is 6.07. The van der Waals surface area contributed by atoms with E-state index in [1.165, 1.54) is 6.42 Å². The highest BCUT2D eigenvalue weighted by molar-refractivity contribution is 5.88. The monoisotopic (exact) mass is 293 g/mol. The number of nitrogens with zero attached hydrogens (tertiary/aromatic N) is 5. The predicted octanol–water partition coefficient (Wildman–Crippen LogP) is 1.26. The molecule has 7 heteroatoms. The van der Waals surface area contributed by atoms with Gasteiger partial charge in [0.15, 0.2) is 5.82 Å². The number of piperidine rings is 1. The molecular weight excluding hydrogens is 270 g/mol. The number of likely N-dealkylation sites (N-methyl/N-ethyl adjacent to an activating group) is 1. The summed E-state index contributed by atoms with van der Waals surface area (Å²) in [5.74, 6) is 1.91. The number of aromatic nitrogens is 2. The maximum absolute atomic E-state index is 5.52. The minimum absolute atomic E-state index is 0.137. The zero-order valence-corrected chi connectivity index (χ0v) is 12.9. The average Bonchev–Trinajstić information content (AvgIpc) is 3.06. The SMILES string of the molecule is CON=C1CC(c2noc(C3CCCN(C)C3)n2)N(C)C1. The molecule has 0 radical (unpaired) electrons. The van der Waals surface area contributed by atoms with Crippen LogP contribution in [0.1, 0.15) is 42.9 Å². The molecule has 7 nitrogen and oxygen atoms in total. The number of hydrogen-bond donors (Lipinski definition) is 0. The van der Waals surface area contributed by atoms with E-state index >= 15 is 0 Å². The summed E-state index contributed by atoms with van der Waals surface area (Å²) in [6.45, 7) is 2.94. The molecule has 2 saturated heterocycles. The molecule has 0 bridgehead atoms. The summed E-state index contributed by atoms with van der Waals surface area (Å²) in [6, 6.07) is 0.137. The van der Waals surface area contributed by atoms with Crippen LogP contribution < -0.4 is 0 Å². The lowest BCUT2D eigenvalue weighted by Crippen LogP contribution is -2.31. The van der Waals surface area contributed by atoms with Gasteiger partial charge in [-0.05, 0) is 33.5 Å². The average molecular weight is 293 g/mol. The maximum atomic E-state index is 5.52. The lowest BCUT2D eigenvalue weighted by atomic mass is 9.98. The van der Waals surface area contributed by atoms with Gasteiger partial charge in [0.05, 0.1) is 17.7 Å². The van der Waals surface area contributed by atoms with Gasteiger partial charge in [0.2, 0.25) is 5.89 Å². The first-order valence-corrected chi connectivity index (χ1v) is 7.48. The van der Waals surface area contributed by atoms with E-state index in [0.29, 0.717) is 5.92 Å². The second kappa shape index (κ2) is 6.11. The first-order valence-electron chi connectivity index (χ1n) is 7.48. The van der Waals surface area contributed by atoms with Crippen molar-refractivity contribution < 1.29 is 9.36 Å². The van der Waals surface area contributed by atoms with Gasteiger partial charge in [0, 0.05) is 19.5 Å². The Kier molecular flexibility index (Phi) is 4.21. The van der Waals surface area contributed by atoms with Gasteiger partial charge >= 0.3 is 0 Å². The van der Waals surface area contributed by atoms with E-state index in [2.05, 4.69) is 32.1 Å². The van der Waals surface area contributed by atoms with Crippen molar-refractivity contribution in [3.05, 3.63) is 11.7 Å². The summed E-state index contributed by atoms with van der Waals surface area (Å²) in [4.78, 5) is 14.0. The Bertz CT molecular complexity index is 515. The molecule has 3 heterocycles. The molecule has 2 fully saturated rings. The third-order valence-corrected chi connectivity index (χ3v) is 4.34. The van der Waals surface area contributed by atoms with Crippen molar-refractivity contribution in [1.29, 1.82) is 0 Å². The molecule has 0 saturated carbocycles. The van der Waals surface area contributed by atoms with Gasteiger partial charge in [0.25, 0.3) is 0 Å². The topological polar surface area (TPSA) is 67.0 Å². The highest BCUT2D eigenvalue weighted by Crippen LogP contribution is 2.30. The summed E-state index contributed by atoms with van der Waals surface area (Å²) < 4.78 is 5.52. The molecular formula is C14H23N5O2. The van der Waals surface area contributed by atoms with Gasteiger partial charge in [-0.15, -0.1) is 0 Å². The highest BCUT2D eigenvalue weighted by Gasteiger charge is 2.33. The molecule has 0 aromatic carbocycles. The van der Waals surface area contributed by atoms with Crippen molar-refractivity contribution in [2.75, 3.05) is 40.8 Å². The fourth-order valence-corrected chi connectivity index (χ4v) is 3.24. The van der Waals surface area contributed by atoms with E-state index in [4.69, 9.17) is 9.36 Å².